The lowest BCUT2D eigenvalue weighted by Crippen LogP contribution is -2.48. The first-order valence-electron chi connectivity index (χ1n) is 14.6. The number of alkyl carbamates (subject to hydrolysis) is 1. The molecule has 0 aliphatic rings. The third kappa shape index (κ3) is 11.2. The smallest absolute Gasteiger partial charge is 0.408 e. The van der Waals surface area contributed by atoms with Crippen LogP contribution in [-0.4, -0.2) is 53.3 Å². The number of carbonyl (C=O) groups excluding carboxylic acids is 4. The molecular weight excluding hydrogens is 582 g/mol. The van der Waals surface area contributed by atoms with Gasteiger partial charge in [-0.3, -0.25) is 9.59 Å². The van der Waals surface area contributed by atoms with Crippen LogP contribution in [0.5, 0.6) is 11.5 Å². The van der Waals surface area contributed by atoms with Gasteiger partial charge in [0.1, 0.15) is 11.6 Å². The van der Waals surface area contributed by atoms with Crippen LogP contribution in [0, 0.1) is 16.7 Å². The second-order valence-corrected chi connectivity index (χ2v) is 13.9. The predicted octanol–water partition coefficient (Wildman–Crippen LogP) is 6.14. The second kappa shape index (κ2) is 14.6. The average Bonchev–Trinajstić information content (AvgIpc) is 2.90. The van der Waals surface area contributed by atoms with E-state index >= 15 is 0 Å². The summed E-state index contributed by atoms with van der Waals surface area (Å²) in [5.74, 6) is -5.14. The summed E-state index contributed by atoms with van der Waals surface area (Å²) in [5.41, 5.74) is -2.11. The normalized spacial score (nSPS) is 13.9. The van der Waals surface area contributed by atoms with Crippen molar-refractivity contribution in [3.63, 3.8) is 0 Å². The first kappa shape index (κ1) is 36.8. The summed E-state index contributed by atoms with van der Waals surface area (Å²) < 4.78 is 22.1. The molecule has 0 radical (unpaired) electrons. The number of benzene rings is 2. The first-order chi connectivity index (χ1) is 20.6. The van der Waals surface area contributed by atoms with Crippen molar-refractivity contribution in [2.75, 3.05) is 6.61 Å². The van der Waals surface area contributed by atoms with E-state index in [9.17, 15) is 29.1 Å². The number of nitrogens with one attached hydrogen (secondary N) is 1. The van der Waals surface area contributed by atoms with E-state index in [2.05, 4.69) is 5.32 Å². The number of esters is 3. The molecule has 2 rings (SSSR count). The molecule has 11 nitrogen and oxygen atoms in total. The van der Waals surface area contributed by atoms with Crippen LogP contribution in [0.4, 0.5) is 4.79 Å². The zero-order valence-corrected chi connectivity index (χ0v) is 27.7. The van der Waals surface area contributed by atoms with E-state index in [1.807, 2.05) is 0 Å². The Kier molecular flexibility index (Phi) is 11.9. The number of ether oxygens (including phenoxy) is 4. The molecule has 0 saturated carbocycles. The highest BCUT2D eigenvalue weighted by Crippen LogP contribution is 2.38. The molecule has 0 saturated heterocycles. The van der Waals surface area contributed by atoms with Gasteiger partial charge in [-0.25, -0.2) is 14.4 Å². The minimum Gasteiger partial charge on any atom is -0.480 e. The summed E-state index contributed by atoms with van der Waals surface area (Å²) >= 11 is 0. The molecule has 2 unspecified atom stereocenters. The van der Waals surface area contributed by atoms with Crippen molar-refractivity contribution in [1.82, 2.24) is 5.32 Å². The van der Waals surface area contributed by atoms with Crippen molar-refractivity contribution in [3.8, 4) is 11.5 Å². The number of rotatable bonds is 10. The molecular formula is C34H45NO10. The lowest BCUT2D eigenvalue weighted by molar-refractivity contribution is -0.145. The summed E-state index contributed by atoms with van der Waals surface area (Å²) in [5, 5.41) is 12.7. The highest BCUT2D eigenvalue weighted by Gasteiger charge is 2.38. The summed E-state index contributed by atoms with van der Waals surface area (Å²) in [7, 11) is 0. The van der Waals surface area contributed by atoms with Crippen LogP contribution in [0.3, 0.4) is 0 Å². The van der Waals surface area contributed by atoms with Gasteiger partial charge >= 0.3 is 30.0 Å². The highest BCUT2D eigenvalue weighted by atomic mass is 16.6. The number of aliphatic carboxylic acids is 1. The minimum absolute atomic E-state index is 0.0508. The van der Waals surface area contributed by atoms with E-state index in [1.165, 1.54) is 18.2 Å². The topological polar surface area (TPSA) is 155 Å². The molecule has 0 bridgehead atoms. The second-order valence-electron chi connectivity index (χ2n) is 13.9. The Morgan fingerprint density at radius 3 is 1.80 bits per heavy atom. The zero-order valence-electron chi connectivity index (χ0n) is 27.7. The summed E-state index contributed by atoms with van der Waals surface area (Å²) in [4.78, 5) is 63.8. The fourth-order valence-corrected chi connectivity index (χ4v) is 3.96. The average molecular weight is 628 g/mol. The van der Waals surface area contributed by atoms with Crippen LogP contribution in [0.1, 0.15) is 91.1 Å². The van der Waals surface area contributed by atoms with Crippen molar-refractivity contribution in [2.45, 2.75) is 86.8 Å². The van der Waals surface area contributed by atoms with Gasteiger partial charge in [-0.05, 0) is 98.1 Å². The molecule has 0 aromatic heterocycles. The third-order valence-electron chi connectivity index (χ3n) is 6.38. The highest BCUT2D eigenvalue weighted by molar-refractivity contribution is 5.89. The summed E-state index contributed by atoms with van der Waals surface area (Å²) in [6, 6.07) is 11.0. The van der Waals surface area contributed by atoms with Gasteiger partial charge in [0.25, 0.3) is 0 Å². The van der Waals surface area contributed by atoms with E-state index in [0.717, 1.165) is 0 Å². The van der Waals surface area contributed by atoms with Gasteiger partial charge in [0.15, 0.2) is 11.5 Å². The first-order valence-corrected chi connectivity index (χ1v) is 14.6. The SMILES string of the molecule is CC(COC(=O)c1ccccc1)C(c1ccc(OC(=O)C(C)(C)C)c(OC(=O)C(C)(C)C)c1)[C@H](NC(=O)OC(C)(C)C)C(=O)O. The quantitative estimate of drug-likeness (QED) is 0.232. The molecule has 2 aromatic carbocycles. The van der Waals surface area contributed by atoms with Gasteiger partial charge in [-0.15, -0.1) is 0 Å². The number of hydrogen-bond acceptors (Lipinski definition) is 9. The molecule has 246 valence electrons. The Labute approximate surface area is 264 Å². The summed E-state index contributed by atoms with van der Waals surface area (Å²) in [6.07, 6.45) is -0.969. The maximum atomic E-state index is 12.9. The maximum absolute atomic E-state index is 12.9. The molecule has 0 heterocycles. The molecule has 2 aromatic rings. The van der Waals surface area contributed by atoms with Crippen molar-refractivity contribution >= 4 is 30.0 Å². The monoisotopic (exact) mass is 627 g/mol. The van der Waals surface area contributed by atoms with Gasteiger partial charge in [-0.2, -0.15) is 0 Å². The van der Waals surface area contributed by atoms with Crippen molar-refractivity contribution in [2.24, 2.45) is 16.7 Å². The van der Waals surface area contributed by atoms with E-state index in [0.29, 0.717) is 11.1 Å². The van der Waals surface area contributed by atoms with Crippen LogP contribution in [-0.2, 0) is 23.9 Å². The Morgan fingerprint density at radius 1 is 0.778 bits per heavy atom. The van der Waals surface area contributed by atoms with Gasteiger partial charge in [-0.1, -0.05) is 31.2 Å². The Bertz CT molecular complexity index is 1380. The Balaban J connectivity index is 2.63. The van der Waals surface area contributed by atoms with Crippen LogP contribution in [0.15, 0.2) is 48.5 Å². The predicted molar refractivity (Wildman–Crippen MR) is 166 cm³/mol. The van der Waals surface area contributed by atoms with Gasteiger partial charge in [0.05, 0.1) is 23.0 Å². The largest absolute Gasteiger partial charge is 0.480 e. The molecule has 1 amide bonds. The van der Waals surface area contributed by atoms with Crippen molar-refractivity contribution in [3.05, 3.63) is 59.7 Å². The molecule has 0 aliphatic carbocycles. The van der Waals surface area contributed by atoms with Crippen LogP contribution in [0.2, 0.25) is 0 Å². The fraction of sp³-hybridized carbons (Fsp3) is 0.500. The van der Waals surface area contributed by atoms with E-state index in [4.69, 9.17) is 18.9 Å². The molecule has 45 heavy (non-hydrogen) atoms. The van der Waals surface area contributed by atoms with E-state index in [-0.39, 0.29) is 18.1 Å². The van der Waals surface area contributed by atoms with Crippen LogP contribution >= 0.6 is 0 Å². The minimum atomic E-state index is -1.57. The number of hydrogen-bond donors (Lipinski definition) is 2. The van der Waals surface area contributed by atoms with E-state index in [1.54, 1.807) is 99.6 Å². The third-order valence-corrected chi connectivity index (χ3v) is 6.38. The molecule has 2 N–H and O–H groups in total. The lowest BCUT2D eigenvalue weighted by atomic mass is 9.81. The zero-order chi connectivity index (χ0) is 34.3. The molecule has 0 spiro atoms. The Hall–Kier alpha value is -4.41. The van der Waals surface area contributed by atoms with Crippen molar-refractivity contribution in [1.29, 1.82) is 0 Å². The molecule has 0 fully saturated rings. The van der Waals surface area contributed by atoms with Gasteiger partial charge < -0.3 is 29.4 Å². The van der Waals surface area contributed by atoms with Crippen LogP contribution in [0.25, 0.3) is 0 Å². The van der Waals surface area contributed by atoms with Crippen molar-refractivity contribution < 1.29 is 48.0 Å². The Morgan fingerprint density at radius 2 is 1.31 bits per heavy atom. The molecule has 0 aliphatic heterocycles. The molecule has 11 heteroatoms. The maximum Gasteiger partial charge on any atom is 0.408 e. The number of carboxylic acids is 1. The van der Waals surface area contributed by atoms with Gasteiger partial charge in [0, 0.05) is 5.92 Å². The number of amides is 1. The summed E-state index contributed by atoms with van der Waals surface area (Å²) in [6.45, 7) is 16.3. The number of carbonyl (C=O) groups is 5. The number of carboxylic acid groups (broad SMARTS) is 1. The lowest BCUT2D eigenvalue weighted by Gasteiger charge is -2.31. The van der Waals surface area contributed by atoms with Gasteiger partial charge in [0.2, 0.25) is 0 Å². The standard InChI is InChI=1S/C34H45NO10/c1-20(19-42-28(38)21-14-12-11-13-15-21)25(26(27(36)37)35-31(41)45-34(8,9)10)22-16-17-23(43-29(39)32(2,3)4)24(18-22)44-30(40)33(5,6)7/h11-18,20,25-26H,19H2,1-10H3,(H,35,41)(H,36,37)/t20?,25?,26-/m0/s1. The molecule has 3 atom stereocenters. The fourth-order valence-electron chi connectivity index (χ4n) is 3.96. The van der Waals surface area contributed by atoms with E-state index < -0.39 is 64.3 Å². The van der Waals surface area contributed by atoms with Crippen LogP contribution < -0.4 is 14.8 Å².